The number of fused-ring (bicyclic) bond motifs is 1. The first-order valence-corrected chi connectivity index (χ1v) is 8.58. The van der Waals surface area contributed by atoms with Crippen LogP contribution in [-0.2, 0) is 19.6 Å². The second kappa shape index (κ2) is 7.49. The van der Waals surface area contributed by atoms with Crippen molar-refractivity contribution in [2.45, 2.75) is 33.0 Å². The monoisotopic (exact) mass is 323 g/mol. The van der Waals surface area contributed by atoms with Crippen molar-refractivity contribution in [2.24, 2.45) is 0 Å². The van der Waals surface area contributed by atoms with Crippen LogP contribution in [0.4, 0.5) is 5.69 Å². The van der Waals surface area contributed by atoms with Crippen LogP contribution in [0.25, 0.3) is 0 Å². The zero-order chi connectivity index (χ0) is 16.9. The van der Waals surface area contributed by atoms with Gasteiger partial charge in [-0.25, -0.2) is 0 Å². The Morgan fingerprint density at radius 3 is 2.62 bits per heavy atom. The highest BCUT2D eigenvalue weighted by Crippen LogP contribution is 2.17. The normalized spacial score (nSPS) is 12.8. The van der Waals surface area contributed by atoms with Crippen LogP contribution in [0.5, 0.6) is 0 Å². The molecule has 0 fully saturated rings. The van der Waals surface area contributed by atoms with Gasteiger partial charge >= 0.3 is 0 Å². The Balaban J connectivity index is 1.58. The van der Waals surface area contributed by atoms with Crippen LogP contribution in [0.2, 0.25) is 0 Å². The molecule has 0 saturated heterocycles. The number of anilines is 1. The summed E-state index contributed by atoms with van der Waals surface area (Å²) in [5.41, 5.74) is 5.68. The Hall–Kier alpha value is -2.33. The molecule has 2 aromatic rings. The Morgan fingerprint density at radius 2 is 1.88 bits per heavy atom. The number of nitrogens with zero attached hydrogens (tertiary/aromatic N) is 1. The topological polar surface area (TPSA) is 44.4 Å². The van der Waals surface area contributed by atoms with Gasteiger partial charge in [0.25, 0.3) is 5.91 Å². The highest BCUT2D eigenvalue weighted by Gasteiger charge is 2.11. The Kier molecular flexibility index (Phi) is 5.16. The minimum atomic E-state index is -0.0293. The highest BCUT2D eigenvalue weighted by atomic mass is 16.1. The van der Waals surface area contributed by atoms with E-state index in [9.17, 15) is 4.79 Å². The van der Waals surface area contributed by atoms with E-state index < -0.39 is 0 Å². The van der Waals surface area contributed by atoms with Gasteiger partial charge < -0.3 is 15.5 Å². The number of carbonyl (C=O) groups excluding carboxylic acids is 1. The van der Waals surface area contributed by atoms with Crippen LogP contribution in [0.3, 0.4) is 0 Å². The van der Waals surface area contributed by atoms with Crippen LogP contribution < -0.4 is 15.5 Å². The van der Waals surface area contributed by atoms with E-state index >= 15 is 0 Å². The van der Waals surface area contributed by atoms with E-state index in [1.54, 1.807) is 0 Å². The van der Waals surface area contributed by atoms with E-state index in [2.05, 4.69) is 47.7 Å². The predicted octanol–water partition coefficient (Wildman–Crippen LogP) is 3.07. The Morgan fingerprint density at radius 1 is 1.12 bits per heavy atom. The van der Waals surface area contributed by atoms with Gasteiger partial charge in [0, 0.05) is 44.5 Å². The third-order valence-electron chi connectivity index (χ3n) is 4.48. The number of nitrogens with one attached hydrogen (secondary N) is 2. The zero-order valence-corrected chi connectivity index (χ0v) is 14.4. The van der Waals surface area contributed by atoms with Crippen LogP contribution >= 0.6 is 0 Å². The molecule has 0 aliphatic carbocycles. The van der Waals surface area contributed by atoms with Gasteiger partial charge in [-0.15, -0.1) is 0 Å². The first kappa shape index (κ1) is 16.5. The summed E-state index contributed by atoms with van der Waals surface area (Å²) >= 11 is 0. The molecular weight excluding hydrogens is 298 g/mol. The van der Waals surface area contributed by atoms with Crippen molar-refractivity contribution in [3.05, 3.63) is 64.7 Å². The first-order valence-electron chi connectivity index (χ1n) is 8.58. The van der Waals surface area contributed by atoms with E-state index in [4.69, 9.17) is 0 Å². The molecule has 1 heterocycles. The van der Waals surface area contributed by atoms with E-state index in [1.807, 2.05) is 24.3 Å². The van der Waals surface area contributed by atoms with Gasteiger partial charge in [-0.05, 0) is 47.4 Å². The first-order chi connectivity index (χ1) is 11.7. The molecule has 0 unspecified atom stereocenters. The summed E-state index contributed by atoms with van der Waals surface area (Å²) in [6, 6.07) is 14.2. The van der Waals surface area contributed by atoms with Gasteiger partial charge in [-0.1, -0.05) is 25.1 Å². The molecule has 1 amide bonds. The second-order valence-electron chi connectivity index (χ2n) is 6.36. The minimum Gasteiger partial charge on any atom is -0.375 e. The lowest BCUT2D eigenvalue weighted by molar-refractivity contribution is 0.0951. The van der Waals surface area contributed by atoms with Crippen LogP contribution in [0.1, 0.15) is 40.4 Å². The molecule has 0 radical (unpaired) electrons. The number of hydrogen-bond acceptors (Lipinski definition) is 3. The van der Waals surface area contributed by atoms with Gasteiger partial charge in [-0.3, -0.25) is 4.79 Å². The van der Waals surface area contributed by atoms with Crippen LogP contribution in [0.15, 0.2) is 42.5 Å². The number of hydrogen-bond donors (Lipinski definition) is 2. The van der Waals surface area contributed by atoms with Crippen molar-refractivity contribution in [1.82, 2.24) is 10.6 Å². The Labute approximate surface area is 143 Å². The molecular formula is C20H25N3O. The number of benzene rings is 2. The van der Waals surface area contributed by atoms with E-state index in [0.717, 1.165) is 37.3 Å². The van der Waals surface area contributed by atoms with Crippen molar-refractivity contribution in [2.75, 3.05) is 18.5 Å². The van der Waals surface area contributed by atoms with Gasteiger partial charge in [-0.2, -0.15) is 0 Å². The van der Waals surface area contributed by atoms with Crippen molar-refractivity contribution in [1.29, 1.82) is 0 Å². The number of amides is 1. The smallest absolute Gasteiger partial charge is 0.251 e. The molecule has 0 atom stereocenters. The molecule has 0 bridgehead atoms. The minimum absolute atomic E-state index is 0.0293. The quantitative estimate of drug-likeness (QED) is 0.859. The molecule has 1 aliphatic heterocycles. The highest BCUT2D eigenvalue weighted by molar-refractivity contribution is 5.94. The largest absolute Gasteiger partial charge is 0.375 e. The van der Waals surface area contributed by atoms with Crippen molar-refractivity contribution in [3.8, 4) is 0 Å². The van der Waals surface area contributed by atoms with E-state index in [0.29, 0.717) is 12.1 Å². The summed E-state index contributed by atoms with van der Waals surface area (Å²) in [7, 11) is 2.07. The summed E-state index contributed by atoms with van der Waals surface area (Å²) in [6.07, 6.45) is 1.11. The summed E-state index contributed by atoms with van der Waals surface area (Å²) in [5.74, 6) is -0.0293. The Bertz CT molecular complexity index is 709. The van der Waals surface area contributed by atoms with E-state index in [1.165, 1.54) is 11.1 Å². The summed E-state index contributed by atoms with van der Waals surface area (Å²) in [5, 5.41) is 6.34. The van der Waals surface area contributed by atoms with Crippen molar-refractivity contribution < 1.29 is 4.79 Å². The molecule has 0 spiro atoms. The van der Waals surface area contributed by atoms with Gasteiger partial charge in [0.1, 0.15) is 0 Å². The van der Waals surface area contributed by atoms with Crippen LogP contribution in [0, 0.1) is 0 Å². The van der Waals surface area contributed by atoms with Crippen LogP contribution in [-0.4, -0.2) is 19.5 Å². The molecule has 24 heavy (non-hydrogen) atoms. The SMILES string of the molecule is CCCN(C)c1ccc(C(=O)NCc2ccc3c(c2)CNC3)cc1. The van der Waals surface area contributed by atoms with E-state index in [-0.39, 0.29) is 5.91 Å². The average Bonchev–Trinajstić information content (AvgIpc) is 3.07. The maximum absolute atomic E-state index is 12.3. The summed E-state index contributed by atoms with van der Waals surface area (Å²) in [6.45, 7) is 5.60. The molecule has 4 heteroatoms. The molecule has 0 saturated carbocycles. The standard InChI is InChI=1S/C20H25N3O/c1-3-10-23(2)19-8-6-16(7-9-19)20(24)22-12-15-4-5-17-13-21-14-18(17)11-15/h4-9,11,21H,3,10,12-14H2,1-2H3,(H,22,24). The average molecular weight is 323 g/mol. The predicted molar refractivity (Wildman–Crippen MR) is 98.2 cm³/mol. The zero-order valence-electron chi connectivity index (χ0n) is 14.4. The summed E-state index contributed by atoms with van der Waals surface area (Å²) in [4.78, 5) is 14.5. The van der Waals surface area contributed by atoms with Gasteiger partial charge in [0.05, 0.1) is 0 Å². The maximum atomic E-state index is 12.3. The van der Waals surface area contributed by atoms with Gasteiger partial charge in [0.2, 0.25) is 0 Å². The lowest BCUT2D eigenvalue weighted by atomic mass is 10.1. The van der Waals surface area contributed by atoms with Gasteiger partial charge in [0.15, 0.2) is 0 Å². The fourth-order valence-electron chi connectivity index (χ4n) is 3.07. The fourth-order valence-corrected chi connectivity index (χ4v) is 3.07. The third kappa shape index (κ3) is 3.77. The molecule has 1 aliphatic rings. The molecule has 3 rings (SSSR count). The second-order valence-corrected chi connectivity index (χ2v) is 6.36. The lowest BCUT2D eigenvalue weighted by Gasteiger charge is -2.18. The third-order valence-corrected chi connectivity index (χ3v) is 4.48. The molecule has 2 aromatic carbocycles. The summed E-state index contributed by atoms with van der Waals surface area (Å²) < 4.78 is 0. The molecule has 0 aromatic heterocycles. The van der Waals surface area contributed by atoms with Crippen molar-refractivity contribution >= 4 is 11.6 Å². The molecule has 4 nitrogen and oxygen atoms in total. The molecule has 126 valence electrons. The van der Waals surface area contributed by atoms with Crippen molar-refractivity contribution in [3.63, 3.8) is 0 Å². The number of rotatable bonds is 6. The number of carbonyl (C=O) groups is 1. The maximum Gasteiger partial charge on any atom is 0.251 e. The lowest BCUT2D eigenvalue weighted by Crippen LogP contribution is -2.23. The fraction of sp³-hybridized carbons (Fsp3) is 0.350. The molecule has 2 N–H and O–H groups in total.